The van der Waals surface area contributed by atoms with Gasteiger partial charge in [-0.25, -0.2) is 13.4 Å². The summed E-state index contributed by atoms with van der Waals surface area (Å²) in [6, 6.07) is 15.4. The van der Waals surface area contributed by atoms with Crippen molar-refractivity contribution in [3.8, 4) is 10.4 Å². The third-order valence-electron chi connectivity index (χ3n) is 5.89. The minimum Gasteiger partial charge on any atom is -0.295 e. The third-order valence-corrected chi connectivity index (χ3v) is 8.16. The lowest BCUT2D eigenvalue weighted by molar-refractivity contribution is 0.429. The number of aryl methyl sites for hydroxylation is 1. The standard InChI is InChI=1S/C24H21ClN2O3S2/c1-32(29,30)13-15-2-3-18-11-20(9-6-17(18)10-15)27-14-26-21-12-22(31-23(21)24(27)28)16-4-7-19(25)8-5-16/h2-5,7-8,10,12,14,20H,6,9,11,13H2,1H3. The van der Waals surface area contributed by atoms with Gasteiger partial charge in [0, 0.05) is 22.2 Å². The van der Waals surface area contributed by atoms with Crippen LogP contribution in [0.15, 0.2) is 59.7 Å². The molecule has 2 aromatic heterocycles. The van der Waals surface area contributed by atoms with E-state index in [1.807, 2.05) is 48.5 Å². The SMILES string of the molecule is CS(=O)(=O)Cc1ccc2c(c1)CCC(n1cnc3cc(-c4ccc(Cl)cc4)sc3c1=O)C2. The maximum atomic E-state index is 13.3. The topological polar surface area (TPSA) is 69.0 Å². The van der Waals surface area contributed by atoms with E-state index >= 15 is 0 Å². The van der Waals surface area contributed by atoms with E-state index in [-0.39, 0.29) is 17.4 Å². The molecule has 0 amide bonds. The Morgan fingerprint density at radius 3 is 2.66 bits per heavy atom. The van der Waals surface area contributed by atoms with Crippen molar-refractivity contribution in [2.45, 2.75) is 31.1 Å². The van der Waals surface area contributed by atoms with E-state index in [0.717, 1.165) is 35.3 Å². The lowest BCUT2D eigenvalue weighted by Crippen LogP contribution is -2.28. The number of fused-ring (bicyclic) bond motifs is 2. The first-order chi connectivity index (χ1) is 15.3. The molecule has 1 atom stereocenters. The van der Waals surface area contributed by atoms with Gasteiger partial charge in [-0.1, -0.05) is 41.9 Å². The summed E-state index contributed by atoms with van der Waals surface area (Å²) in [5.74, 6) is 0.0537. The highest BCUT2D eigenvalue weighted by Crippen LogP contribution is 2.33. The lowest BCUT2D eigenvalue weighted by Gasteiger charge is -2.26. The van der Waals surface area contributed by atoms with Gasteiger partial charge < -0.3 is 0 Å². The van der Waals surface area contributed by atoms with Gasteiger partial charge in [0.2, 0.25) is 0 Å². The summed E-state index contributed by atoms with van der Waals surface area (Å²) in [7, 11) is -3.06. The Hall–Kier alpha value is -2.48. The molecule has 1 unspecified atom stereocenters. The first-order valence-electron chi connectivity index (χ1n) is 10.3. The lowest BCUT2D eigenvalue weighted by atomic mass is 9.87. The van der Waals surface area contributed by atoms with E-state index in [2.05, 4.69) is 4.98 Å². The molecule has 0 saturated carbocycles. The Morgan fingerprint density at radius 1 is 1.12 bits per heavy atom. The predicted molar refractivity (Wildman–Crippen MR) is 130 cm³/mol. The third kappa shape index (κ3) is 4.25. The molecule has 1 aliphatic carbocycles. The van der Waals surface area contributed by atoms with E-state index in [1.54, 1.807) is 10.9 Å². The molecule has 164 valence electrons. The van der Waals surface area contributed by atoms with Crippen LogP contribution < -0.4 is 5.56 Å². The predicted octanol–water partition coefficient (Wildman–Crippen LogP) is 5.05. The van der Waals surface area contributed by atoms with Gasteiger partial charge in [0.15, 0.2) is 9.84 Å². The molecule has 5 nitrogen and oxygen atoms in total. The highest BCUT2D eigenvalue weighted by molar-refractivity contribution is 7.89. The average molecular weight is 485 g/mol. The molecule has 8 heteroatoms. The molecule has 2 aromatic carbocycles. The number of aromatic nitrogens is 2. The Labute approximate surface area is 195 Å². The average Bonchev–Trinajstić information content (AvgIpc) is 3.18. The molecule has 0 radical (unpaired) electrons. The normalized spacial score (nSPS) is 16.2. The number of sulfone groups is 1. The van der Waals surface area contributed by atoms with Gasteiger partial charge in [-0.3, -0.25) is 9.36 Å². The monoisotopic (exact) mass is 484 g/mol. The van der Waals surface area contributed by atoms with Crippen molar-refractivity contribution in [1.29, 1.82) is 0 Å². The van der Waals surface area contributed by atoms with Crippen LogP contribution in [-0.4, -0.2) is 24.2 Å². The molecule has 0 spiro atoms. The Balaban J connectivity index is 1.45. The van der Waals surface area contributed by atoms with Crippen molar-refractivity contribution in [3.05, 3.63) is 86.9 Å². The quantitative estimate of drug-likeness (QED) is 0.406. The van der Waals surface area contributed by atoms with Crippen LogP contribution in [0.3, 0.4) is 0 Å². The van der Waals surface area contributed by atoms with Crippen LogP contribution in [0.2, 0.25) is 5.02 Å². The summed E-state index contributed by atoms with van der Waals surface area (Å²) < 4.78 is 25.6. The minimum atomic E-state index is -3.06. The fourth-order valence-corrected chi connectivity index (χ4v) is 6.32. The molecule has 0 bridgehead atoms. The van der Waals surface area contributed by atoms with E-state index in [0.29, 0.717) is 15.2 Å². The van der Waals surface area contributed by atoms with Crippen LogP contribution in [0.5, 0.6) is 0 Å². The molecule has 5 rings (SSSR count). The maximum absolute atomic E-state index is 13.3. The van der Waals surface area contributed by atoms with Crippen molar-refractivity contribution in [1.82, 2.24) is 9.55 Å². The summed E-state index contributed by atoms with van der Waals surface area (Å²) in [5.41, 5.74) is 4.87. The van der Waals surface area contributed by atoms with E-state index in [9.17, 15) is 13.2 Å². The maximum Gasteiger partial charge on any atom is 0.271 e. The van der Waals surface area contributed by atoms with E-state index < -0.39 is 9.84 Å². The molecule has 0 aliphatic heterocycles. The molecule has 0 fully saturated rings. The fourth-order valence-electron chi connectivity index (χ4n) is 4.36. The summed E-state index contributed by atoms with van der Waals surface area (Å²) in [5, 5.41) is 0.677. The fraction of sp³-hybridized carbons (Fsp3) is 0.250. The largest absolute Gasteiger partial charge is 0.295 e. The van der Waals surface area contributed by atoms with Crippen LogP contribution in [0.1, 0.15) is 29.2 Å². The number of halogens is 1. The summed E-state index contributed by atoms with van der Waals surface area (Å²) in [6.07, 6.45) is 5.27. The molecule has 0 N–H and O–H groups in total. The van der Waals surface area contributed by atoms with Gasteiger partial charge in [0.25, 0.3) is 5.56 Å². The molecule has 32 heavy (non-hydrogen) atoms. The van der Waals surface area contributed by atoms with Crippen LogP contribution in [0, 0.1) is 0 Å². The number of nitrogens with zero attached hydrogens (tertiary/aromatic N) is 2. The van der Waals surface area contributed by atoms with Crippen molar-refractivity contribution in [3.63, 3.8) is 0 Å². The minimum absolute atomic E-state index is 0.0117. The van der Waals surface area contributed by atoms with Crippen molar-refractivity contribution >= 4 is 43.0 Å². The molecular weight excluding hydrogens is 464 g/mol. The van der Waals surface area contributed by atoms with Gasteiger partial charge in [0.05, 0.1) is 17.6 Å². The summed E-state index contributed by atoms with van der Waals surface area (Å²) in [6.45, 7) is 0. The molecular formula is C24H21ClN2O3S2. The molecule has 4 aromatic rings. The highest BCUT2D eigenvalue weighted by Gasteiger charge is 2.23. The van der Waals surface area contributed by atoms with Crippen molar-refractivity contribution in [2.24, 2.45) is 0 Å². The van der Waals surface area contributed by atoms with Crippen LogP contribution >= 0.6 is 22.9 Å². The number of hydrogen-bond donors (Lipinski definition) is 0. The zero-order valence-corrected chi connectivity index (χ0v) is 19.8. The number of hydrogen-bond acceptors (Lipinski definition) is 5. The van der Waals surface area contributed by atoms with E-state index in [1.165, 1.54) is 28.7 Å². The first-order valence-corrected chi connectivity index (χ1v) is 13.6. The Kier molecular flexibility index (Phi) is 5.43. The number of thiophene rings is 1. The highest BCUT2D eigenvalue weighted by atomic mass is 35.5. The second-order valence-corrected chi connectivity index (χ2v) is 12.0. The van der Waals surface area contributed by atoms with Gasteiger partial charge >= 0.3 is 0 Å². The van der Waals surface area contributed by atoms with Gasteiger partial charge in [-0.2, -0.15) is 0 Å². The van der Waals surface area contributed by atoms with Crippen LogP contribution in [0.4, 0.5) is 0 Å². The first kappa shape index (κ1) is 21.4. The smallest absolute Gasteiger partial charge is 0.271 e. The van der Waals surface area contributed by atoms with Crippen molar-refractivity contribution < 1.29 is 8.42 Å². The van der Waals surface area contributed by atoms with Crippen molar-refractivity contribution in [2.75, 3.05) is 6.26 Å². The molecule has 0 saturated heterocycles. The zero-order chi connectivity index (χ0) is 22.5. The number of benzene rings is 2. The second-order valence-electron chi connectivity index (χ2n) is 8.36. The van der Waals surface area contributed by atoms with E-state index in [4.69, 9.17) is 11.6 Å². The van der Waals surface area contributed by atoms with Gasteiger partial charge in [0.1, 0.15) is 4.70 Å². The summed E-state index contributed by atoms with van der Waals surface area (Å²) >= 11 is 7.45. The Bertz CT molecular complexity index is 1490. The Morgan fingerprint density at radius 2 is 1.91 bits per heavy atom. The zero-order valence-electron chi connectivity index (χ0n) is 17.4. The second kappa shape index (κ2) is 8.14. The van der Waals surface area contributed by atoms with Gasteiger partial charge in [-0.15, -0.1) is 11.3 Å². The van der Waals surface area contributed by atoms with Gasteiger partial charge in [-0.05, 0) is 59.7 Å². The summed E-state index contributed by atoms with van der Waals surface area (Å²) in [4.78, 5) is 18.9. The van der Waals surface area contributed by atoms with Crippen LogP contribution in [-0.2, 0) is 28.4 Å². The molecule has 1 aliphatic rings. The molecule has 2 heterocycles. The van der Waals surface area contributed by atoms with Crippen LogP contribution in [0.25, 0.3) is 20.7 Å². The number of rotatable bonds is 4.